The van der Waals surface area contributed by atoms with Crippen LogP contribution in [-0.4, -0.2) is 21.1 Å². The number of halogens is 1. The molecule has 6 heteroatoms. The van der Waals surface area contributed by atoms with Gasteiger partial charge in [-0.2, -0.15) is 0 Å². The standard InChI is InChI=1S/C12H9BrN2O3/c13-8-3-4-14-11(6-8)15-12(18)7-1-2-9(16)10(17)5-7/h1-6,16-17H,(H,14,15,18). The molecule has 1 heterocycles. The number of carbonyl (C=O) groups is 1. The summed E-state index contributed by atoms with van der Waals surface area (Å²) in [6, 6.07) is 7.23. The van der Waals surface area contributed by atoms with E-state index in [1.165, 1.54) is 18.2 Å². The number of amides is 1. The molecular formula is C12H9BrN2O3. The Labute approximate surface area is 111 Å². The molecule has 0 saturated heterocycles. The van der Waals surface area contributed by atoms with E-state index in [2.05, 4.69) is 26.2 Å². The van der Waals surface area contributed by atoms with E-state index in [1.54, 1.807) is 18.3 Å². The highest BCUT2D eigenvalue weighted by molar-refractivity contribution is 9.10. The van der Waals surface area contributed by atoms with E-state index in [-0.39, 0.29) is 17.1 Å². The second-order valence-corrected chi connectivity index (χ2v) is 4.43. The first kappa shape index (κ1) is 12.4. The zero-order valence-corrected chi connectivity index (χ0v) is 10.7. The van der Waals surface area contributed by atoms with Crippen LogP contribution in [0.4, 0.5) is 5.82 Å². The Morgan fingerprint density at radius 2 is 1.94 bits per heavy atom. The van der Waals surface area contributed by atoms with E-state index >= 15 is 0 Å². The number of carbonyl (C=O) groups excluding carboxylic acids is 1. The molecule has 92 valence electrons. The zero-order valence-electron chi connectivity index (χ0n) is 9.09. The van der Waals surface area contributed by atoms with Crippen molar-refractivity contribution in [1.82, 2.24) is 4.98 Å². The average Bonchev–Trinajstić information content (AvgIpc) is 2.32. The zero-order chi connectivity index (χ0) is 13.1. The summed E-state index contributed by atoms with van der Waals surface area (Å²) < 4.78 is 0.793. The van der Waals surface area contributed by atoms with Crippen LogP contribution < -0.4 is 5.32 Å². The minimum absolute atomic E-state index is 0.229. The summed E-state index contributed by atoms with van der Waals surface area (Å²) in [5.41, 5.74) is 0.229. The molecule has 0 aliphatic carbocycles. The molecule has 18 heavy (non-hydrogen) atoms. The van der Waals surface area contributed by atoms with Crippen LogP contribution in [0.3, 0.4) is 0 Å². The molecule has 0 bridgehead atoms. The lowest BCUT2D eigenvalue weighted by Crippen LogP contribution is -2.12. The number of rotatable bonds is 2. The van der Waals surface area contributed by atoms with Gasteiger partial charge in [0.2, 0.25) is 0 Å². The van der Waals surface area contributed by atoms with Gasteiger partial charge >= 0.3 is 0 Å². The molecule has 5 nitrogen and oxygen atoms in total. The van der Waals surface area contributed by atoms with Gasteiger partial charge in [0.1, 0.15) is 5.82 Å². The van der Waals surface area contributed by atoms with Gasteiger partial charge in [-0.25, -0.2) is 4.98 Å². The number of benzene rings is 1. The Hall–Kier alpha value is -2.08. The smallest absolute Gasteiger partial charge is 0.256 e. The molecule has 0 aliphatic rings. The SMILES string of the molecule is O=C(Nc1cc(Br)ccn1)c1ccc(O)c(O)c1. The highest BCUT2D eigenvalue weighted by Gasteiger charge is 2.09. The minimum Gasteiger partial charge on any atom is -0.504 e. The predicted octanol–water partition coefficient (Wildman–Crippen LogP) is 2.51. The van der Waals surface area contributed by atoms with Gasteiger partial charge < -0.3 is 15.5 Å². The van der Waals surface area contributed by atoms with Gasteiger partial charge in [0.05, 0.1) is 0 Å². The second-order valence-electron chi connectivity index (χ2n) is 3.52. The van der Waals surface area contributed by atoms with Gasteiger partial charge in [0, 0.05) is 16.2 Å². The highest BCUT2D eigenvalue weighted by atomic mass is 79.9. The lowest BCUT2D eigenvalue weighted by atomic mass is 10.2. The maximum atomic E-state index is 11.8. The van der Waals surface area contributed by atoms with Crippen LogP contribution in [0.15, 0.2) is 41.0 Å². The molecule has 0 saturated carbocycles. The fraction of sp³-hybridized carbons (Fsp3) is 0. The summed E-state index contributed by atoms with van der Waals surface area (Å²) in [5, 5.41) is 21.0. The maximum absolute atomic E-state index is 11.8. The van der Waals surface area contributed by atoms with E-state index in [4.69, 9.17) is 5.11 Å². The van der Waals surface area contributed by atoms with Gasteiger partial charge in [-0.3, -0.25) is 4.79 Å². The lowest BCUT2D eigenvalue weighted by molar-refractivity contribution is 0.102. The molecule has 0 atom stereocenters. The van der Waals surface area contributed by atoms with Crippen LogP contribution in [0.5, 0.6) is 11.5 Å². The van der Waals surface area contributed by atoms with Crippen molar-refractivity contribution in [3.63, 3.8) is 0 Å². The topological polar surface area (TPSA) is 82.5 Å². The fourth-order valence-corrected chi connectivity index (χ4v) is 1.66. The molecule has 2 aromatic rings. The van der Waals surface area contributed by atoms with Crippen molar-refractivity contribution in [2.45, 2.75) is 0 Å². The third-order valence-electron chi connectivity index (χ3n) is 2.20. The number of nitrogens with one attached hydrogen (secondary N) is 1. The Morgan fingerprint density at radius 1 is 1.17 bits per heavy atom. The van der Waals surface area contributed by atoms with Crippen molar-refractivity contribution in [3.05, 3.63) is 46.6 Å². The highest BCUT2D eigenvalue weighted by Crippen LogP contribution is 2.25. The molecule has 0 unspecified atom stereocenters. The Bertz CT molecular complexity index is 602. The van der Waals surface area contributed by atoms with Crippen molar-refractivity contribution in [1.29, 1.82) is 0 Å². The van der Waals surface area contributed by atoms with Crippen LogP contribution >= 0.6 is 15.9 Å². The summed E-state index contributed by atoms with van der Waals surface area (Å²) in [7, 11) is 0. The third-order valence-corrected chi connectivity index (χ3v) is 2.69. The number of nitrogens with zero attached hydrogens (tertiary/aromatic N) is 1. The first-order valence-corrected chi connectivity index (χ1v) is 5.80. The van der Waals surface area contributed by atoms with Crippen molar-refractivity contribution < 1.29 is 15.0 Å². The Balaban J connectivity index is 2.19. The molecule has 0 radical (unpaired) electrons. The lowest BCUT2D eigenvalue weighted by Gasteiger charge is -2.05. The molecular weight excluding hydrogens is 300 g/mol. The van der Waals surface area contributed by atoms with Crippen LogP contribution in [0.2, 0.25) is 0 Å². The van der Waals surface area contributed by atoms with Gasteiger partial charge in [-0.05, 0) is 30.3 Å². The van der Waals surface area contributed by atoms with E-state index in [9.17, 15) is 9.90 Å². The van der Waals surface area contributed by atoms with Crippen LogP contribution in [0.1, 0.15) is 10.4 Å². The summed E-state index contributed by atoms with van der Waals surface area (Å²) in [5.74, 6) is -0.644. The van der Waals surface area contributed by atoms with E-state index in [0.717, 1.165) is 4.47 Å². The van der Waals surface area contributed by atoms with E-state index < -0.39 is 5.91 Å². The molecule has 1 amide bonds. The summed E-state index contributed by atoms with van der Waals surface area (Å²) in [6.45, 7) is 0. The van der Waals surface area contributed by atoms with E-state index in [0.29, 0.717) is 5.82 Å². The summed E-state index contributed by atoms with van der Waals surface area (Å²) >= 11 is 3.27. The largest absolute Gasteiger partial charge is 0.504 e. The van der Waals surface area contributed by atoms with E-state index in [1.807, 2.05) is 0 Å². The fourth-order valence-electron chi connectivity index (χ4n) is 1.33. The van der Waals surface area contributed by atoms with Gasteiger partial charge in [-0.1, -0.05) is 15.9 Å². The summed E-state index contributed by atoms with van der Waals surface area (Å²) in [4.78, 5) is 15.8. The molecule has 0 fully saturated rings. The second kappa shape index (κ2) is 5.05. The monoisotopic (exact) mass is 308 g/mol. The quantitative estimate of drug-likeness (QED) is 0.744. The molecule has 3 N–H and O–H groups in total. The first-order chi connectivity index (χ1) is 8.56. The maximum Gasteiger partial charge on any atom is 0.256 e. The molecule has 1 aromatic carbocycles. The number of hydrogen-bond donors (Lipinski definition) is 3. The van der Waals surface area contributed by atoms with Crippen LogP contribution in [0, 0.1) is 0 Å². The number of phenolic OH excluding ortho intramolecular Hbond substituents is 2. The number of anilines is 1. The number of phenols is 2. The Morgan fingerprint density at radius 3 is 2.61 bits per heavy atom. The summed E-state index contributed by atoms with van der Waals surface area (Å²) in [6.07, 6.45) is 1.55. The Kier molecular flexibility index (Phi) is 3.47. The third kappa shape index (κ3) is 2.78. The average molecular weight is 309 g/mol. The van der Waals surface area contributed by atoms with Crippen molar-refractivity contribution in [2.75, 3.05) is 5.32 Å². The number of aromatic hydroxyl groups is 2. The van der Waals surface area contributed by atoms with Crippen molar-refractivity contribution >= 4 is 27.7 Å². The van der Waals surface area contributed by atoms with Gasteiger partial charge in [0.15, 0.2) is 11.5 Å². The molecule has 1 aromatic heterocycles. The number of aromatic nitrogens is 1. The molecule has 2 rings (SSSR count). The van der Waals surface area contributed by atoms with Gasteiger partial charge in [-0.15, -0.1) is 0 Å². The van der Waals surface area contributed by atoms with Crippen molar-refractivity contribution in [2.24, 2.45) is 0 Å². The predicted molar refractivity (Wildman–Crippen MR) is 69.7 cm³/mol. The van der Waals surface area contributed by atoms with Crippen LogP contribution in [-0.2, 0) is 0 Å². The first-order valence-electron chi connectivity index (χ1n) is 5.01. The normalized spacial score (nSPS) is 10.1. The molecule has 0 spiro atoms. The van der Waals surface area contributed by atoms with Gasteiger partial charge in [0.25, 0.3) is 5.91 Å². The van der Waals surface area contributed by atoms with Crippen LogP contribution in [0.25, 0.3) is 0 Å². The number of hydrogen-bond acceptors (Lipinski definition) is 4. The molecule has 0 aliphatic heterocycles. The number of pyridine rings is 1. The van der Waals surface area contributed by atoms with Crippen molar-refractivity contribution in [3.8, 4) is 11.5 Å². The minimum atomic E-state index is -0.420.